The maximum atomic E-state index is 14.1. The monoisotopic (exact) mass is 331 g/mol. The maximum Gasteiger partial charge on any atom is 0.272 e. The standard InChI is InChI=1S/C16H15F2N5O/c1-20-5-2-3-6-22-16(24)15-13(19)8-11(17)14(23-15)10-4-7-21-9-12(10)18/h2-5,7-9H,6,19H2,1H3,(H,22,24)/b3-2-,20-5?. The summed E-state index contributed by atoms with van der Waals surface area (Å²) in [5, 5.41) is 2.55. The molecule has 0 saturated heterocycles. The van der Waals surface area contributed by atoms with E-state index in [1.54, 1.807) is 25.4 Å². The molecule has 0 atom stereocenters. The number of carbonyl (C=O) groups excluding carboxylic acids is 1. The van der Waals surface area contributed by atoms with Crippen LogP contribution in [-0.4, -0.2) is 35.7 Å². The molecule has 8 heteroatoms. The fourth-order valence-corrected chi connectivity index (χ4v) is 1.89. The van der Waals surface area contributed by atoms with Crippen molar-refractivity contribution in [1.29, 1.82) is 0 Å². The number of carbonyl (C=O) groups is 1. The number of hydrogen-bond donors (Lipinski definition) is 2. The Hall–Kier alpha value is -3.16. The zero-order valence-corrected chi connectivity index (χ0v) is 12.8. The van der Waals surface area contributed by atoms with Gasteiger partial charge < -0.3 is 11.1 Å². The molecule has 0 aliphatic heterocycles. The number of anilines is 1. The first-order valence-electron chi connectivity index (χ1n) is 6.96. The van der Waals surface area contributed by atoms with Crippen LogP contribution in [0.5, 0.6) is 0 Å². The highest BCUT2D eigenvalue weighted by Gasteiger charge is 2.18. The smallest absolute Gasteiger partial charge is 0.272 e. The molecule has 0 saturated carbocycles. The number of allylic oxidation sites excluding steroid dienone is 1. The van der Waals surface area contributed by atoms with Crippen molar-refractivity contribution >= 4 is 17.8 Å². The Kier molecular flexibility index (Phi) is 5.67. The second-order valence-corrected chi connectivity index (χ2v) is 4.66. The molecule has 124 valence electrons. The summed E-state index contributed by atoms with van der Waals surface area (Å²) in [7, 11) is 1.62. The van der Waals surface area contributed by atoms with E-state index in [0.29, 0.717) is 0 Å². The predicted octanol–water partition coefficient (Wildman–Crippen LogP) is 1.99. The molecule has 0 radical (unpaired) electrons. The van der Waals surface area contributed by atoms with Crippen molar-refractivity contribution in [1.82, 2.24) is 15.3 Å². The molecule has 0 aliphatic carbocycles. The van der Waals surface area contributed by atoms with Crippen LogP contribution >= 0.6 is 0 Å². The zero-order chi connectivity index (χ0) is 17.5. The lowest BCUT2D eigenvalue weighted by Crippen LogP contribution is -2.26. The number of nitrogens with two attached hydrogens (primary N) is 1. The number of nitrogens with one attached hydrogen (secondary N) is 1. The van der Waals surface area contributed by atoms with Gasteiger partial charge in [-0.15, -0.1) is 0 Å². The average molecular weight is 331 g/mol. The van der Waals surface area contributed by atoms with Crippen molar-refractivity contribution in [2.75, 3.05) is 19.3 Å². The highest BCUT2D eigenvalue weighted by atomic mass is 19.1. The quantitative estimate of drug-likeness (QED) is 0.820. The van der Waals surface area contributed by atoms with E-state index in [9.17, 15) is 13.6 Å². The minimum absolute atomic E-state index is 0.101. The number of nitrogen functional groups attached to an aromatic ring is 1. The molecule has 0 unspecified atom stereocenters. The van der Waals surface area contributed by atoms with Crippen molar-refractivity contribution in [2.24, 2.45) is 4.99 Å². The molecule has 3 N–H and O–H groups in total. The van der Waals surface area contributed by atoms with Crippen molar-refractivity contribution in [2.45, 2.75) is 0 Å². The SMILES string of the molecule is CN=C/C=C\CNC(=O)c1nc(-c2ccncc2F)c(F)cc1N. The number of halogens is 2. The van der Waals surface area contributed by atoms with Gasteiger partial charge in [0.2, 0.25) is 0 Å². The van der Waals surface area contributed by atoms with Crippen LogP contribution < -0.4 is 11.1 Å². The fourth-order valence-electron chi connectivity index (χ4n) is 1.89. The molecular formula is C16H15F2N5O. The molecule has 2 aromatic heterocycles. The predicted molar refractivity (Wildman–Crippen MR) is 87.7 cm³/mol. The Bertz CT molecular complexity index is 805. The van der Waals surface area contributed by atoms with E-state index in [0.717, 1.165) is 12.3 Å². The lowest BCUT2D eigenvalue weighted by molar-refractivity contribution is 0.0954. The van der Waals surface area contributed by atoms with Crippen molar-refractivity contribution in [3.63, 3.8) is 0 Å². The Labute approximate surface area is 137 Å². The van der Waals surface area contributed by atoms with Gasteiger partial charge in [-0.25, -0.2) is 13.8 Å². The van der Waals surface area contributed by atoms with E-state index in [1.165, 1.54) is 12.3 Å². The summed E-state index contributed by atoms with van der Waals surface area (Å²) in [6.07, 6.45) is 7.11. The summed E-state index contributed by atoms with van der Waals surface area (Å²) < 4.78 is 27.9. The van der Waals surface area contributed by atoms with E-state index in [4.69, 9.17) is 5.73 Å². The summed E-state index contributed by atoms with van der Waals surface area (Å²) in [6.45, 7) is 0.211. The molecule has 0 aromatic carbocycles. The van der Waals surface area contributed by atoms with Gasteiger partial charge >= 0.3 is 0 Å². The molecular weight excluding hydrogens is 316 g/mol. The largest absolute Gasteiger partial charge is 0.397 e. The number of aromatic nitrogens is 2. The highest BCUT2D eigenvalue weighted by Crippen LogP contribution is 2.25. The van der Waals surface area contributed by atoms with Gasteiger partial charge in [0.05, 0.1) is 11.9 Å². The normalized spacial score (nSPS) is 11.3. The maximum absolute atomic E-state index is 14.1. The molecule has 0 bridgehead atoms. The zero-order valence-electron chi connectivity index (χ0n) is 12.8. The molecule has 2 heterocycles. The number of rotatable bonds is 5. The van der Waals surface area contributed by atoms with Crippen LogP contribution in [0.2, 0.25) is 0 Å². The third-order valence-electron chi connectivity index (χ3n) is 3.00. The summed E-state index contributed by atoms with van der Waals surface area (Å²) in [5.74, 6) is -2.17. The van der Waals surface area contributed by atoms with E-state index in [2.05, 4.69) is 20.3 Å². The fraction of sp³-hybridized carbons (Fsp3) is 0.125. The van der Waals surface area contributed by atoms with Crippen molar-refractivity contribution in [3.8, 4) is 11.3 Å². The molecule has 0 spiro atoms. The highest BCUT2D eigenvalue weighted by molar-refractivity contribution is 5.97. The number of hydrogen-bond acceptors (Lipinski definition) is 5. The van der Waals surface area contributed by atoms with Crippen molar-refractivity contribution in [3.05, 3.63) is 54.0 Å². The van der Waals surface area contributed by atoms with Crippen LogP contribution in [0.4, 0.5) is 14.5 Å². The van der Waals surface area contributed by atoms with Gasteiger partial charge in [0.25, 0.3) is 5.91 Å². The van der Waals surface area contributed by atoms with Crippen LogP contribution in [0, 0.1) is 11.6 Å². The Balaban J connectivity index is 2.30. The second-order valence-electron chi connectivity index (χ2n) is 4.66. The van der Waals surface area contributed by atoms with Crippen LogP contribution in [0.3, 0.4) is 0 Å². The summed E-state index contributed by atoms with van der Waals surface area (Å²) >= 11 is 0. The van der Waals surface area contributed by atoms with Crippen molar-refractivity contribution < 1.29 is 13.6 Å². The van der Waals surface area contributed by atoms with Crippen LogP contribution in [-0.2, 0) is 0 Å². The van der Waals surface area contributed by atoms with Gasteiger partial charge in [-0.2, -0.15) is 0 Å². The van der Waals surface area contributed by atoms with Crippen LogP contribution in [0.25, 0.3) is 11.3 Å². The molecule has 2 rings (SSSR count). The average Bonchev–Trinajstić information content (AvgIpc) is 2.55. The van der Waals surface area contributed by atoms with E-state index in [-0.39, 0.29) is 29.2 Å². The lowest BCUT2D eigenvalue weighted by Gasteiger charge is -2.09. The molecule has 0 aliphatic rings. The van der Waals surface area contributed by atoms with Gasteiger partial charge in [-0.05, 0) is 12.1 Å². The van der Waals surface area contributed by atoms with Crippen LogP contribution in [0.15, 0.2) is 41.7 Å². The van der Waals surface area contributed by atoms with Gasteiger partial charge in [0.1, 0.15) is 5.69 Å². The Morgan fingerprint density at radius 3 is 2.92 bits per heavy atom. The van der Waals surface area contributed by atoms with E-state index in [1.807, 2.05) is 0 Å². The Morgan fingerprint density at radius 1 is 1.42 bits per heavy atom. The van der Waals surface area contributed by atoms with Gasteiger partial charge in [-0.3, -0.25) is 14.8 Å². The number of nitrogens with zero attached hydrogens (tertiary/aromatic N) is 3. The van der Waals surface area contributed by atoms with Gasteiger partial charge in [0, 0.05) is 37.6 Å². The van der Waals surface area contributed by atoms with E-state index >= 15 is 0 Å². The molecule has 1 amide bonds. The van der Waals surface area contributed by atoms with Crippen LogP contribution in [0.1, 0.15) is 10.5 Å². The van der Waals surface area contributed by atoms with E-state index < -0.39 is 17.5 Å². The minimum atomic E-state index is -0.826. The third kappa shape index (κ3) is 3.97. The molecule has 0 fully saturated rings. The Morgan fingerprint density at radius 2 is 2.21 bits per heavy atom. The molecule has 2 aromatic rings. The first kappa shape index (κ1) is 17.2. The topological polar surface area (TPSA) is 93.3 Å². The number of pyridine rings is 2. The summed E-state index contributed by atoms with van der Waals surface area (Å²) in [6, 6.07) is 2.21. The lowest BCUT2D eigenvalue weighted by atomic mass is 10.1. The first-order valence-corrected chi connectivity index (χ1v) is 6.96. The summed E-state index contributed by atoms with van der Waals surface area (Å²) in [5.41, 5.74) is 4.93. The number of aliphatic imine (C=N–C) groups is 1. The second kappa shape index (κ2) is 7.91. The first-order chi connectivity index (χ1) is 11.5. The minimum Gasteiger partial charge on any atom is -0.397 e. The molecule has 6 nitrogen and oxygen atoms in total. The number of amides is 1. The summed E-state index contributed by atoms with van der Waals surface area (Å²) in [4.78, 5) is 23.4. The van der Waals surface area contributed by atoms with Gasteiger partial charge in [0.15, 0.2) is 17.3 Å². The third-order valence-corrected chi connectivity index (χ3v) is 3.00. The molecule has 24 heavy (non-hydrogen) atoms. The van der Waals surface area contributed by atoms with Gasteiger partial charge in [-0.1, -0.05) is 6.08 Å².